The van der Waals surface area contributed by atoms with Crippen LogP contribution in [0.25, 0.3) is 0 Å². The summed E-state index contributed by atoms with van der Waals surface area (Å²) in [6, 6.07) is 8.05. The number of benzene rings is 1. The van der Waals surface area contributed by atoms with Crippen LogP contribution in [-0.2, 0) is 17.2 Å². The van der Waals surface area contributed by atoms with Crippen LogP contribution in [0.1, 0.15) is 26.3 Å². The molecule has 1 nitrogen and oxygen atoms in total. The zero-order chi connectivity index (χ0) is 10.8. The van der Waals surface area contributed by atoms with E-state index in [0.29, 0.717) is 5.41 Å². The van der Waals surface area contributed by atoms with Gasteiger partial charge in [-0.05, 0) is 29.5 Å². The van der Waals surface area contributed by atoms with Gasteiger partial charge in [-0.25, -0.2) is 0 Å². The van der Waals surface area contributed by atoms with Crippen LogP contribution in [-0.4, -0.2) is 10.5 Å². The molecule has 0 aromatic heterocycles. The molecule has 0 saturated heterocycles. The van der Waals surface area contributed by atoms with Crippen molar-refractivity contribution in [2.75, 3.05) is 6.26 Å². The van der Waals surface area contributed by atoms with Crippen molar-refractivity contribution in [2.24, 2.45) is 5.41 Å². The predicted octanol–water partition coefficient (Wildman–Crippen LogP) is 3.01. The zero-order valence-electron chi connectivity index (χ0n) is 9.33. The SMILES string of the molecule is CS(=O)c1ccc(CC(C)(C)C)cc1. The molecule has 0 aliphatic rings. The lowest BCUT2D eigenvalue weighted by Crippen LogP contribution is -2.08. The second-order valence-electron chi connectivity index (χ2n) is 4.84. The van der Waals surface area contributed by atoms with Crippen LogP contribution in [0.15, 0.2) is 29.2 Å². The molecular weight excluding hydrogens is 192 g/mol. The van der Waals surface area contributed by atoms with Crippen LogP contribution in [0, 0.1) is 5.41 Å². The van der Waals surface area contributed by atoms with E-state index in [1.165, 1.54) is 5.56 Å². The van der Waals surface area contributed by atoms with E-state index in [-0.39, 0.29) is 0 Å². The molecule has 0 radical (unpaired) electrons. The maximum atomic E-state index is 11.2. The van der Waals surface area contributed by atoms with Crippen molar-refractivity contribution in [3.63, 3.8) is 0 Å². The average Bonchev–Trinajstić information content (AvgIpc) is 2.02. The lowest BCUT2D eigenvalue weighted by molar-refractivity contribution is 0.411. The summed E-state index contributed by atoms with van der Waals surface area (Å²) in [5, 5.41) is 0. The van der Waals surface area contributed by atoms with Crippen molar-refractivity contribution in [3.8, 4) is 0 Å². The highest BCUT2D eigenvalue weighted by Gasteiger charge is 2.10. The molecule has 0 aliphatic carbocycles. The van der Waals surface area contributed by atoms with Gasteiger partial charge >= 0.3 is 0 Å². The number of rotatable bonds is 2. The molecule has 0 amide bonds. The van der Waals surface area contributed by atoms with Crippen molar-refractivity contribution in [3.05, 3.63) is 29.8 Å². The zero-order valence-corrected chi connectivity index (χ0v) is 10.1. The minimum Gasteiger partial charge on any atom is -0.255 e. The summed E-state index contributed by atoms with van der Waals surface area (Å²) in [5.74, 6) is 0. The van der Waals surface area contributed by atoms with Crippen molar-refractivity contribution in [1.29, 1.82) is 0 Å². The second kappa shape index (κ2) is 4.26. The molecule has 1 unspecified atom stereocenters. The largest absolute Gasteiger partial charge is 0.255 e. The summed E-state index contributed by atoms with van der Waals surface area (Å²) in [7, 11) is -0.860. The van der Waals surface area contributed by atoms with Crippen LogP contribution in [0.5, 0.6) is 0 Å². The molecule has 1 aromatic rings. The first kappa shape index (κ1) is 11.4. The van der Waals surface area contributed by atoms with Gasteiger partial charge in [0.05, 0.1) is 0 Å². The second-order valence-corrected chi connectivity index (χ2v) is 6.22. The molecule has 78 valence electrons. The Morgan fingerprint density at radius 3 is 2.00 bits per heavy atom. The molecule has 0 N–H and O–H groups in total. The van der Waals surface area contributed by atoms with Gasteiger partial charge in [0.15, 0.2) is 0 Å². The fraction of sp³-hybridized carbons (Fsp3) is 0.500. The highest BCUT2D eigenvalue weighted by molar-refractivity contribution is 7.84. The molecule has 2 heteroatoms. The van der Waals surface area contributed by atoms with E-state index in [1.54, 1.807) is 6.26 Å². The summed E-state index contributed by atoms with van der Waals surface area (Å²) < 4.78 is 11.2. The molecule has 1 rings (SSSR count). The van der Waals surface area contributed by atoms with Gasteiger partial charge in [0, 0.05) is 22.0 Å². The summed E-state index contributed by atoms with van der Waals surface area (Å²) in [6.45, 7) is 6.66. The molecule has 1 atom stereocenters. The summed E-state index contributed by atoms with van der Waals surface area (Å²) in [4.78, 5) is 0.905. The van der Waals surface area contributed by atoms with Gasteiger partial charge in [-0.2, -0.15) is 0 Å². The van der Waals surface area contributed by atoms with E-state index < -0.39 is 10.8 Å². The highest BCUT2D eigenvalue weighted by atomic mass is 32.2. The Kier molecular flexibility index (Phi) is 3.48. The average molecular weight is 210 g/mol. The van der Waals surface area contributed by atoms with Gasteiger partial charge in [-0.15, -0.1) is 0 Å². The minimum atomic E-state index is -0.860. The third-order valence-corrected chi connectivity index (χ3v) is 2.93. The molecule has 14 heavy (non-hydrogen) atoms. The van der Waals surface area contributed by atoms with E-state index in [9.17, 15) is 4.21 Å². The van der Waals surface area contributed by atoms with Gasteiger partial charge in [-0.3, -0.25) is 4.21 Å². The topological polar surface area (TPSA) is 17.1 Å². The summed E-state index contributed by atoms with van der Waals surface area (Å²) in [6.07, 6.45) is 2.77. The van der Waals surface area contributed by atoms with Crippen molar-refractivity contribution in [2.45, 2.75) is 32.1 Å². The molecule has 0 bridgehead atoms. The van der Waals surface area contributed by atoms with Crippen molar-refractivity contribution in [1.82, 2.24) is 0 Å². The van der Waals surface area contributed by atoms with Crippen molar-refractivity contribution >= 4 is 10.8 Å². The van der Waals surface area contributed by atoms with Gasteiger partial charge in [0.25, 0.3) is 0 Å². The third kappa shape index (κ3) is 3.62. The number of hydrogen-bond acceptors (Lipinski definition) is 1. The van der Waals surface area contributed by atoms with E-state index in [1.807, 2.05) is 12.1 Å². The van der Waals surface area contributed by atoms with E-state index in [4.69, 9.17) is 0 Å². The Labute approximate surface area is 89.0 Å². The van der Waals surface area contributed by atoms with E-state index in [0.717, 1.165) is 11.3 Å². The maximum Gasteiger partial charge on any atom is 0.0498 e. The predicted molar refractivity (Wildman–Crippen MR) is 61.9 cm³/mol. The monoisotopic (exact) mass is 210 g/mol. The van der Waals surface area contributed by atoms with Crippen molar-refractivity contribution < 1.29 is 4.21 Å². The molecule has 0 aliphatic heterocycles. The third-order valence-electron chi connectivity index (χ3n) is 1.99. The van der Waals surface area contributed by atoms with E-state index in [2.05, 4.69) is 32.9 Å². The molecule has 1 aromatic carbocycles. The van der Waals surface area contributed by atoms with Gasteiger partial charge in [0.1, 0.15) is 0 Å². The molecular formula is C12H18OS. The van der Waals surface area contributed by atoms with Crippen LogP contribution in [0.3, 0.4) is 0 Å². The standard InChI is InChI=1S/C12H18OS/c1-12(2,3)9-10-5-7-11(8-6-10)14(4)13/h5-8H,9H2,1-4H3. The smallest absolute Gasteiger partial charge is 0.0498 e. The molecule has 0 heterocycles. The minimum absolute atomic E-state index is 0.312. The molecule has 0 saturated carbocycles. The Morgan fingerprint density at radius 1 is 1.14 bits per heavy atom. The quantitative estimate of drug-likeness (QED) is 0.733. The first-order valence-electron chi connectivity index (χ1n) is 4.81. The van der Waals surface area contributed by atoms with E-state index >= 15 is 0 Å². The molecule has 0 spiro atoms. The van der Waals surface area contributed by atoms with Gasteiger partial charge in [0.2, 0.25) is 0 Å². The van der Waals surface area contributed by atoms with Crippen LogP contribution < -0.4 is 0 Å². The Hall–Kier alpha value is -0.630. The Balaban J connectivity index is 2.79. The summed E-state index contributed by atoms with van der Waals surface area (Å²) in [5.41, 5.74) is 1.62. The number of hydrogen-bond donors (Lipinski definition) is 0. The fourth-order valence-electron chi connectivity index (χ4n) is 1.41. The Bertz CT molecular complexity index is 319. The normalized spacial score (nSPS) is 14.0. The van der Waals surface area contributed by atoms with Gasteiger partial charge < -0.3 is 0 Å². The summed E-state index contributed by atoms with van der Waals surface area (Å²) >= 11 is 0. The fourth-order valence-corrected chi connectivity index (χ4v) is 1.93. The van der Waals surface area contributed by atoms with Crippen LogP contribution in [0.2, 0.25) is 0 Å². The first-order chi connectivity index (χ1) is 6.38. The lowest BCUT2D eigenvalue weighted by Gasteiger charge is -2.17. The first-order valence-corrected chi connectivity index (χ1v) is 6.37. The lowest BCUT2D eigenvalue weighted by atomic mass is 9.88. The van der Waals surface area contributed by atoms with Crippen LogP contribution in [0.4, 0.5) is 0 Å². The highest BCUT2D eigenvalue weighted by Crippen LogP contribution is 2.20. The van der Waals surface area contributed by atoms with Gasteiger partial charge in [-0.1, -0.05) is 32.9 Å². The molecule has 0 fully saturated rings. The maximum absolute atomic E-state index is 11.2. The van der Waals surface area contributed by atoms with Crippen LogP contribution >= 0.6 is 0 Å². The Morgan fingerprint density at radius 2 is 1.64 bits per heavy atom.